The van der Waals surface area contributed by atoms with E-state index in [0.717, 1.165) is 13.0 Å². The number of unbranched alkanes of at least 4 members (excludes halogenated alkanes) is 2. The van der Waals surface area contributed by atoms with Crippen molar-refractivity contribution in [3.63, 3.8) is 0 Å². The zero-order chi connectivity index (χ0) is 9.94. The minimum Gasteiger partial charge on any atom is -0.366 e. The maximum Gasteiger partial charge on any atom is 0.0902 e. The van der Waals surface area contributed by atoms with Crippen LogP contribution in [0.1, 0.15) is 39.5 Å². The topological polar surface area (TPSA) is 15.6 Å². The summed E-state index contributed by atoms with van der Waals surface area (Å²) in [5.41, 5.74) is 0. The van der Waals surface area contributed by atoms with Gasteiger partial charge in [0.2, 0.25) is 0 Å². The van der Waals surface area contributed by atoms with Gasteiger partial charge in [0.1, 0.15) is 0 Å². The first-order valence-electron chi connectivity index (χ1n) is 5.19. The first-order valence-corrected chi connectivity index (χ1v) is 5.19. The molecule has 0 unspecified atom stereocenters. The van der Waals surface area contributed by atoms with Crippen molar-refractivity contribution in [3.05, 3.63) is 12.3 Å². The Morgan fingerprint density at radius 3 is 2.62 bits per heavy atom. The second-order valence-corrected chi connectivity index (χ2v) is 3.25. The van der Waals surface area contributed by atoms with E-state index in [0.29, 0.717) is 0 Å². The van der Waals surface area contributed by atoms with Gasteiger partial charge in [0.15, 0.2) is 0 Å². The van der Waals surface area contributed by atoms with Gasteiger partial charge >= 0.3 is 0 Å². The lowest BCUT2D eigenvalue weighted by molar-refractivity contribution is 0.488. The van der Waals surface area contributed by atoms with Crippen LogP contribution in [0.4, 0.5) is 0 Å². The molecule has 13 heavy (non-hydrogen) atoms. The zero-order valence-corrected chi connectivity index (χ0v) is 9.16. The van der Waals surface area contributed by atoms with Gasteiger partial charge in [0.05, 0.1) is 6.34 Å². The Morgan fingerprint density at radius 2 is 2.00 bits per heavy atom. The average Bonchev–Trinajstić information content (AvgIpc) is 2.13. The highest BCUT2D eigenvalue weighted by Gasteiger charge is 1.89. The zero-order valence-electron chi connectivity index (χ0n) is 9.16. The Hall–Kier alpha value is -0.790. The van der Waals surface area contributed by atoms with E-state index in [1.165, 1.54) is 19.3 Å². The quantitative estimate of drug-likeness (QED) is 0.335. The molecule has 0 fully saturated rings. The molecule has 0 rings (SSSR count). The molecule has 0 bridgehead atoms. The molecular formula is C11H22N2. The van der Waals surface area contributed by atoms with Crippen molar-refractivity contribution in [1.29, 1.82) is 0 Å². The van der Waals surface area contributed by atoms with E-state index in [-0.39, 0.29) is 0 Å². The summed E-state index contributed by atoms with van der Waals surface area (Å²) in [6.45, 7) is 5.44. The summed E-state index contributed by atoms with van der Waals surface area (Å²) in [4.78, 5) is 6.29. The maximum absolute atomic E-state index is 4.16. The summed E-state index contributed by atoms with van der Waals surface area (Å²) in [5, 5.41) is 0. The minimum absolute atomic E-state index is 1.05. The Morgan fingerprint density at radius 1 is 1.23 bits per heavy atom. The fraction of sp³-hybridized carbons (Fsp3) is 0.727. The molecule has 0 radical (unpaired) electrons. The van der Waals surface area contributed by atoms with E-state index < -0.39 is 0 Å². The van der Waals surface area contributed by atoms with Crippen LogP contribution in [0.3, 0.4) is 0 Å². The molecule has 0 aromatic heterocycles. The summed E-state index contributed by atoms with van der Waals surface area (Å²) in [6.07, 6.45) is 10.7. The largest absolute Gasteiger partial charge is 0.366 e. The van der Waals surface area contributed by atoms with E-state index in [1.807, 2.05) is 12.5 Å². The Bertz CT molecular complexity index is 150. The fourth-order valence-corrected chi connectivity index (χ4v) is 0.988. The third-order valence-electron chi connectivity index (χ3n) is 1.81. The lowest BCUT2D eigenvalue weighted by atomic mass is 10.2. The van der Waals surface area contributed by atoms with Crippen molar-refractivity contribution in [1.82, 2.24) is 4.90 Å². The minimum atomic E-state index is 1.05. The van der Waals surface area contributed by atoms with Gasteiger partial charge in [0.25, 0.3) is 0 Å². The predicted molar refractivity (Wildman–Crippen MR) is 60.1 cm³/mol. The van der Waals surface area contributed by atoms with E-state index in [9.17, 15) is 0 Å². The van der Waals surface area contributed by atoms with Crippen molar-refractivity contribution in [2.45, 2.75) is 39.5 Å². The van der Waals surface area contributed by atoms with Gasteiger partial charge in [-0.2, -0.15) is 0 Å². The Balaban J connectivity index is 3.43. The number of nitrogens with zero attached hydrogens (tertiary/aromatic N) is 2. The van der Waals surface area contributed by atoms with E-state index in [1.54, 1.807) is 0 Å². The summed E-state index contributed by atoms with van der Waals surface area (Å²) in [7, 11) is 2.07. The second kappa shape index (κ2) is 9.30. The van der Waals surface area contributed by atoms with Crippen LogP contribution in [0.15, 0.2) is 17.3 Å². The normalized spacial score (nSPS) is 11.6. The van der Waals surface area contributed by atoms with Crippen molar-refractivity contribution in [3.8, 4) is 0 Å². The molecule has 0 heterocycles. The van der Waals surface area contributed by atoms with Crippen molar-refractivity contribution < 1.29 is 0 Å². The molecule has 0 aliphatic rings. The van der Waals surface area contributed by atoms with E-state index >= 15 is 0 Å². The number of aliphatic imine (C=N–C) groups is 1. The van der Waals surface area contributed by atoms with E-state index in [2.05, 4.69) is 36.9 Å². The van der Waals surface area contributed by atoms with Crippen LogP contribution in [0, 0.1) is 0 Å². The third-order valence-corrected chi connectivity index (χ3v) is 1.81. The van der Waals surface area contributed by atoms with Crippen molar-refractivity contribution >= 4 is 6.34 Å². The van der Waals surface area contributed by atoms with Crippen molar-refractivity contribution in [2.24, 2.45) is 4.99 Å². The summed E-state index contributed by atoms with van der Waals surface area (Å²) >= 11 is 0. The Labute approximate surface area is 82.4 Å². The van der Waals surface area contributed by atoms with Gasteiger partial charge in [-0.1, -0.05) is 32.8 Å². The van der Waals surface area contributed by atoms with Crippen molar-refractivity contribution in [2.75, 3.05) is 13.6 Å². The molecule has 0 N–H and O–H groups in total. The lowest BCUT2D eigenvalue weighted by Gasteiger charge is -2.11. The third kappa shape index (κ3) is 9.12. The van der Waals surface area contributed by atoms with Crippen LogP contribution in [0.2, 0.25) is 0 Å². The molecule has 0 aromatic rings. The Kier molecular flexibility index (Phi) is 8.73. The van der Waals surface area contributed by atoms with Crippen LogP contribution in [0.25, 0.3) is 0 Å². The molecular weight excluding hydrogens is 160 g/mol. The van der Waals surface area contributed by atoms with Crippen LogP contribution in [-0.4, -0.2) is 24.8 Å². The van der Waals surface area contributed by atoms with E-state index in [4.69, 9.17) is 0 Å². The first kappa shape index (κ1) is 12.2. The number of rotatable bonds is 7. The SMILES string of the molecule is CC/C=C/N=C\N(C)CCCCC. The first-order chi connectivity index (χ1) is 6.31. The highest BCUT2D eigenvalue weighted by molar-refractivity contribution is 5.55. The standard InChI is InChI=1S/C11H22N2/c1-4-6-8-10-13(3)11-12-9-7-5-2/h7,9,11H,4-6,8,10H2,1-3H3/b9-7+,12-11-. The monoisotopic (exact) mass is 182 g/mol. The number of allylic oxidation sites excluding steroid dienone is 1. The van der Waals surface area contributed by atoms with Gasteiger partial charge in [-0.3, -0.25) is 0 Å². The van der Waals surface area contributed by atoms with Gasteiger partial charge in [-0.25, -0.2) is 4.99 Å². The molecule has 2 heteroatoms. The molecule has 0 aromatic carbocycles. The lowest BCUT2D eigenvalue weighted by Crippen LogP contribution is -2.16. The van der Waals surface area contributed by atoms with Gasteiger partial charge in [0, 0.05) is 19.8 Å². The molecule has 0 amide bonds. The van der Waals surface area contributed by atoms with Crippen LogP contribution >= 0.6 is 0 Å². The van der Waals surface area contributed by atoms with Crippen LogP contribution in [-0.2, 0) is 0 Å². The fourth-order valence-electron chi connectivity index (χ4n) is 0.988. The second-order valence-electron chi connectivity index (χ2n) is 3.25. The average molecular weight is 182 g/mol. The van der Waals surface area contributed by atoms with Gasteiger partial charge in [-0.15, -0.1) is 0 Å². The predicted octanol–water partition coefficient (Wildman–Crippen LogP) is 3.06. The van der Waals surface area contributed by atoms with Crippen LogP contribution < -0.4 is 0 Å². The molecule has 0 saturated carbocycles. The molecule has 0 aliphatic carbocycles. The summed E-state index contributed by atoms with van der Waals surface area (Å²) in [5.74, 6) is 0. The molecule has 0 spiro atoms. The smallest absolute Gasteiger partial charge is 0.0902 e. The number of hydrogen-bond donors (Lipinski definition) is 0. The van der Waals surface area contributed by atoms with Crippen LogP contribution in [0.5, 0.6) is 0 Å². The van der Waals surface area contributed by atoms with Gasteiger partial charge < -0.3 is 4.90 Å². The number of hydrogen-bond acceptors (Lipinski definition) is 1. The molecule has 76 valence electrons. The molecule has 0 saturated heterocycles. The summed E-state index contributed by atoms with van der Waals surface area (Å²) in [6, 6.07) is 0. The summed E-state index contributed by atoms with van der Waals surface area (Å²) < 4.78 is 0. The highest BCUT2D eigenvalue weighted by Crippen LogP contribution is 1.94. The molecule has 0 aliphatic heterocycles. The van der Waals surface area contributed by atoms with Gasteiger partial charge in [-0.05, 0) is 12.8 Å². The highest BCUT2D eigenvalue weighted by atomic mass is 15.1. The molecule has 0 atom stereocenters. The maximum atomic E-state index is 4.16. The molecule has 2 nitrogen and oxygen atoms in total.